The number of likely N-dealkylation sites (N-methyl/N-ethyl adjacent to an activating group) is 1. The molecule has 1 amide bonds. The molecule has 0 atom stereocenters. The van der Waals surface area contributed by atoms with E-state index in [1.807, 2.05) is 30.8 Å². The zero-order valence-electron chi connectivity index (χ0n) is 19.3. The van der Waals surface area contributed by atoms with Gasteiger partial charge in [-0.05, 0) is 75.2 Å². The summed E-state index contributed by atoms with van der Waals surface area (Å²) in [5.41, 5.74) is 2.18. The third-order valence-corrected chi connectivity index (χ3v) is 9.23. The number of para-hydroxylation sites is 1. The van der Waals surface area contributed by atoms with Crippen molar-refractivity contribution in [2.45, 2.75) is 30.6 Å². The maximum Gasteiger partial charge on any atom is 0.427 e. The lowest BCUT2D eigenvalue weighted by atomic mass is 10.2. The Kier molecular flexibility index (Phi) is 9.11. The second kappa shape index (κ2) is 11.6. The number of carbonyl (C=O) groups excluding carboxylic acids is 1. The number of allylic oxidation sites excluding steroid dienone is 2. The van der Waals surface area contributed by atoms with E-state index in [0.717, 1.165) is 27.9 Å². The normalized spacial score (nSPS) is 17.9. The second-order valence-electron chi connectivity index (χ2n) is 7.24. The van der Waals surface area contributed by atoms with Gasteiger partial charge in [0.15, 0.2) is 6.54 Å². The Morgan fingerprint density at radius 2 is 1.74 bits per heavy atom. The molecule has 0 radical (unpaired) electrons. The lowest BCUT2D eigenvalue weighted by Gasteiger charge is -2.17. The van der Waals surface area contributed by atoms with E-state index in [-0.39, 0.29) is 10.8 Å². The first-order valence-electron chi connectivity index (χ1n) is 10.6. The van der Waals surface area contributed by atoms with Crippen LogP contribution in [0.2, 0.25) is 0 Å². The van der Waals surface area contributed by atoms with Gasteiger partial charge in [0, 0.05) is 11.4 Å². The zero-order chi connectivity index (χ0) is 24.9. The van der Waals surface area contributed by atoms with Crippen molar-refractivity contribution in [3.05, 3.63) is 76.2 Å². The van der Waals surface area contributed by atoms with E-state index in [1.54, 1.807) is 47.4 Å². The number of hydrogen-bond donors (Lipinski definition) is 0. The van der Waals surface area contributed by atoms with Gasteiger partial charge in [-0.25, -0.2) is 13.2 Å². The van der Waals surface area contributed by atoms with E-state index in [1.165, 1.54) is 27.7 Å². The van der Waals surface area contributed by atoms with Gasteiger partial charge in [-0.2, -0.15) is 0 Å². The number of anilines is 1. The molecule has 2 aromatic carbocycles. The van der Waals surface area contributed by atoms with Crippen LogP contribution in [0.4, 0.5) is 5.69 Å². The van der Waals surface area contributed by atoms with Crippen LogP contribution in [0.1, 0.15) is 19.4 Å². The number of nitrogens with zero attached hydrogens (tertiary/aromatic N) is 2. The molecule has 0 aliphatic carbocycles. The first kappa shape index (κ1) is 26.6. The van der Waals surface area contributed by atoms with Crippen LogP contribution in [-0.2, 0) is 14.9 Å². The van der Waals surface area contributed by atoms with Crippen LogP contribution in [0.5, 0.6) is 0 Å². The number of thioether (sulfide) groups is 3. The molecule has 0 fully saturated rings. The van der Waals surface area contributed by atoms with Crippen molar-refractivity contribution in [2.24, 2.45) is 0 Å². The molecule has 4 rings (SSSR count). The van der Waals surface area contributed by atoms with Gasteiger partial charge in [-0.3, -0.25) is 0 Å². The maximum absolute atomic E-state index is 12.4. The zero-order valence-corrected chi connectivity index (χ0v) is 22.6. The van der Waals surface area contributed by atoms with Gasteiger partial charge in [0.1, 0.15) is 15.0 Å². The number of carbonyl (C=O) groups is 1. The number of benzene rings is 2. The molecule has 34 heavy (non-hydrogen) atoms. The largest absolute Gasteiger partial charge is 0.744 e. The first-order chi connectivity index (χ1) is 16.2. The van der Waals surface area contributed by atoms with E-state index in [2.05, 4.69) is 42.2 Å². The summed E-state index contributed by atoms with van der Waals surface area (Å²) in [5.74, 6) is 0.113. The Bertz CT molecular complexity index is 1270. The molecule has 180 valence electrons. The second-order valence-corrected chi connectivity index (χ2v) is 11.8. The SMILES string of the molecule is CCN1C(=CC=C2SC(SC)=[N+](CC)C2=O)Sc2ccccc21.Cc1ccc(S(=O)(=O)[O-])cc1. The van der Waals surface area contributed by atoms with E-state index in [0.29, 0.717) is 0 Å². The van der Waals surface area contributed by atoms with Gasteiger partial charge in [-0.1, -0.05) is 53.4 Å². The fourth-order valence-corrected chi connectivity index (χ4v) is 6.77. The summed E-state index contributed by atoms with van der Waals surface area (Å²) in [6.07, 6.45) is 6.06. The van der Waals surface area contributed by atoms with Gasteiger partial charge in [-0.15, -0.1) is 4.58 Å². The lowest BCUT2D eigenvalue weighted by molar-refractivity contribution is -0.433. The highest BCUT2D eigenvalue weighted by Crippen LogP contribution is 2.45. The summed E-state index contributed by atoms with van der Waals surface area (Å²) < 4.78 is 34.1. The number of rotatable bonds is 4. The molecule has 2 heterocycles. The number of aryl methyl sites for hydroxylation is 1. The first-order valence-corrected chi connectivity index (χ1v) is 14.9. The molecule has 10 heteroatoms. The van der Waals surface area contributed by atoms with Crippen LogP contribution >= 0.6 is 35.3 Å². The Labute approximate surface area is 214 Å². The minimum Gasteiger partial charge on any atom is -0.744 e. The molecule has 0 N–H and O–H groups in total. The Hall–Kier alpha value is -1.98. The standard InChI is InChI=1S/C17H19N2OS3.C7H8O3S/c1-4-18-12-8-6-7-9-13(12)22-15(18)11-10-14-16(20)19(5-2)17(21-3)23-14;1-6-2-4-7(5-3-6)11(8,9)10/h6-11H,4-5H2,1-3H3;2-5H,1H3,(H,8,9,10)/q+1;/p-1. The van der Waals surface area contributed by atoms with Crippen LogP contribution in [-0.4, -0.2) is 47.2 Å². The predicted molar refractivity (Wildman–Crippen MR) is 143 cm³/mol. The molecular formula is C24H26N2O4S4. The minimum atomic E-state index is -4.27. The van der Waals surface area contributed by atoms with Crippen molar-refractivity contribution in [1.82, 2.24) is 0 Å². The maximum atomic E-state index is 12.4. The Balaban J connectivity index is 0.000000248. The average molecular weight is 535 g/mol. The van der Waals surface area contributed by atoms with Gasteiger partial charge in [0.2, 0.25) is 0 Å². The topological polar surface area (TPSA) is 80.5 Å². The third-order valence-electron chi connectivity index (χ3n) is 5.00. The molecule has 6 nitrogen and oxygen atoms in total. The number of amides is 1. The highest BCUT2D eigenvalue weighted by molar-refractivity contribution is 8.40. The average Bonchev–Trinajstić information content (AvgIpc) is 3.33. The highest BCUT2D eigenvalue weighted by atomic mass is 32.2. The minimum absolute atomic E-state index is 0.113. The van der Waals surface area contributed by atoms with Crippen LogP contribution in [0.15, 0.2) is 80.4 Å². The van der Waals surface area contributed by atoms with Crippen molar-refractivity contribution >= 4 is 61.4 Å². The summed E-state index contributed by atoms with van der Waals surface area (Å²) in [7, 11) is -4.27. The molecule has 0 unspecified atom stereocenters. The van der Waals surface area contributed by atoms with Crippen molar-refractivity contribution in [1.29, 1.82) is 0 Å². The van der Waals surface area contributed by atoms with Crippen LogP contribution in [0, 0.1) is 6.92 Å². The van der Waals surface area contributed by atoms with E-state index in [4.69, 9.17) is 0 Å². The number of hydrogen-bond acceptors (Lipinski definition) is 8. The summed E-state index contributed by atoms with van der Waals surface area (Å²) in [6.45, 7) is 7.62. The number of fused-ring (bicyclic) bond motifs is 1. The molecular weight excluding hydrogens is 509 g/mol. The van der Waals surface area contributed by atoms with E-state index < -0.39 is 10.1 Å². The highest BCUT2D eigenvalue weighted by Gasteiger charge is 2.36. The summed E-state index contributed by atoms with van der Waals surface area (Å²) in [4.78, 5) is 16.6. The Morgan fingerprint density at radius 1 is 1.06 bits per heavy atom. The fourth-order valence-electron chi connectivity index (χ4n) is 3.29. The van der Waals surface area contributed by atoms with Crippen LogP contribution in [0.25, 0.3) is 0 Å². The predicted octanol–water partition coefficient (Wildman–Crippen LogP) is 5.27. The quantitative estimate of drug-likeness (QED) is 0.298. The smallest absolute Gasteiger partial charge is 0.427 e. The van der Waals surface area contributed by atoms with Crippen molar-refractivity contribution < 1.29 is 22.3 Å². The van der Waals surface area contributed by atoms with Crippen LogP contribution < -0.4 is 4.90 Å². The van der Waals surface area contributed by atoms with Crippen molar-refractivity contribution in [3.63, 3.8) is 0 Å². The summed E-state index contributed by atoms with van der Waals surface area (Å²) in [6, 6.07) is 14.2. The van der Waals surface area contributed by atoms with Gasteiger partial charge < -0.3 is 9.45 Å². The molecule has 0 spiro atoms. The summed E-state index contributed by atoms with van der Waals surface area (Å²) >= 11 is 4.97. The monoisotopic (exact) mass is 534 g/mol. The molecule has 0 saturated heterocycles. The molecule has 2 aromatic rings. The van der Waals surface area contributed by atoms with Gasteiger partial charge in [0.05, 0.1) is 15.6 Å². The van der Waals surface area contributed by atoms with Gasteiger partial charge in [0.25, 0.3) is 4.38 Å². The van der Waals surface area contributed by atoms with E-state index in [9.17, 15) is 17.8 Å². The molecule has 2 aliphatic heterocycles. The molecule has 0 bridgehead atoms. The van der Waals surface area contributed by atoms with Gasteiger partial charge >= 0.3 is 5.91 Å². The Morgan fingerprint density at radius 3 is 2.29 bits per heavy atom. The third kappa shape index (κ3) is 6.17. The lowest BCUT2D eigenvalue weighted by Crippen LogP contribution is -2.18. The van der Waals surface area contributed by atoms with E-state index >= 15 is 0 Å². The summed E-state index contributed by atoms with van der Waals surface area (Å²) in [5, 5.41) is 1.18. The molecule has 0 aromatic heterocycles. The van der Waals surface area contributed by atoms with Crippen LogP contribution in [0.3, 0.4) is 0 Å². The molecule has 0 saturated carbocycles. The fraction of sp³-hybridized carbons (Fsp3) is 0.250. The molecule has 2 aliphatic rings. The van der Waals surface area contributed by atoms with Crippen molar-refractivity contribution in [2.75, 3.05) is 24.2 Å². The van der Waals surface area contributed by atoms with Crippen molar-refractivity contribution in [3.8, 4) is 0 Å².